The number of carbonyl (C=O) groups excluding carboxylic acids is 3. The molecule has 1 fully saturated rings. The van der Waals surface area contributed by atoms with E-state index in [9.17, 15) is 14.4 Å². The second kappa shape index (κ2) is 7.43. The lowest BCUT2D eigenvalue weighted by atomic mass is 9.94. The molecule has 0 N–H and O–H groups in total. The molecule has 0 spiro atoms. The van der Waals surface area contributed by atoms with Gasteiger partial charge < -0.3 is 14.3 Å². The highest BCUT2D eigenvalue weighted by atomic mass is 16.6. The van der Waals surface area contributed by atoms with Crippen LogP contribution >= 0.6 is 0 Å². The molecule has 120 valence electrons. The van der Waals surface area contributed by atoms with Crippen molar-refractivity contribution in [2.45, 2.75) is 71.1 Å². The molecular formula is C15H25NO5. The lowest BCUT2D eigenvalue weighted by Crippen LogP contribution is -2.55. The van der Waals surface area contributed by atoms with Crippen LogP contribution in [0.4, 0.5) is 4.79 Å². The van der Waals surface area contributed by atoms with Gasteiger partial charge in [-0.2, -0.15) is 0 Å². The molecule has 1 heterocycles. The number of ether oxygens (including phenoxy) is 2. The summed E-state index contributed by atoms with van der Waals surface area (Å²) < 4.78 is 10.4. The summed E-state index contributed by atoms with van der Waals surface area (Å²) in [6.07, 6.45) is 2.42. The van der Waals surface area contributed by atoms with Crippen LogP contribution in [0.25, 0.3) is 0 Å². The minimum absolute atomic E-state index is 0.204. The van der Waals surface area contributed by atoms with Gasteiger partial charge in [-0.3, -0.25) is 4.90 Å². The Morgan fingerprint density at radius 1 is 1.29 bits per heavy atom. The van der Waals surface area contributed by atoms with Crippen LogP contribution in [-0.4, -0.2) is 47.5 Å². The van der Waals surface area contributed by atoms with Gasteiger partial charge in [0.05, 0.1) is 6.61 Å². The molecule has 1 rings (SSSR count). The second-order valence-electron chi connectivity index (χ2n) is 6.14. The summed E-state index contributed by atoms with van der Waals surface area (Å²) in [4.78, 5) is 36.7. The molecule has 6 heteroatoms. The summed E-state index contributed by atoms with van der Waals surface area (Å²) >= 11 is 0. The van der Waals surface area contributed by atoms with E-state index in [2.05, 4.69) is 0 Å². The molecule has 2 unspecified atom stereocenters. The molecule has 0 saturated carbocycles. The van der Waals surface area contributed by atoms with E-state index in [0.717, 1.165) is 12.7 Å². The first-order chi connectivity index (χ1) is 9.80. The quantitative estimate of drug-likeness (QED) is 0.588. The van der Waals surface area contributed by atoms with Crippen molar-refractivity contribution in [3.05, 3.63) is 0 Å². The summed E-state index contributed by atoms with van der Waals surface area (Å²) in [5, 5.41) is 0. The van der Waals surface area contributed by atoms with Gasteiger partial charge in [-0.25, -0.2) is 9.59 Å². The smallest absolute Gasteiger partial charge is 0.411 e. The highest BCUT2D eigenvalue weighted by Crippen LogP contribution is 2.27. The lowest BCUT2D eigenvalue weighted by molar-refractivity contribution is -0.152. The third-order valence-electron chi connectivity index (χ3n) is 3.28. The van der Waals surface area contributed by atoms with Crippen molar-refractivity contribution < 1.29 is 23.9 Å². The first-order valence-electron chi connectivity index (χ1n) is 7.41. The van der Waals surface area contributed by atoms with Gasteiger partial charge in [0.15, 0.2) is 0 Å². The average molecular weight is 299 g/mol. The highest BCUT2D eigenvalue weighted by Gasteiger charge is 2.40. The Balaban J connectivity index is 2.96. The van der Waals surface area contributed by atoms with E-state index in [1.165, 1.54) is 4.90 Å². The predicted octanol–water partition coefficient (Wildman–Crippen LogP) is 2.30. The van der Waals surface area contributed by atoms with E-state index >= 15 is 0 Å². The topological polar surface area (TPSA) is 72.9 Å². The first kappa shape index (κ1) is 17.5. The van der Waals surface area contributed by atoms with Crippen molar-refractivity contribution >= 4 is 18.3 Å². The Kier molecular flexibility index (Phi) is 6.18. The molecule has 0 bridgehead atoms. The molecule has 0 aromatic heterocycles. The molecule has 2 atom stereocenters. The van der Waals surface area contributed by atoms with Crippen LogP contribution in [0.15, 0.2) is 0 Å². The SMILES string of the molecule is CCOC(=O)C1CCCC(CC=O)N1C(=O)OC(C)(C)C. The van der Waals surface area contributed by atoms with Crippen molar-refractivity contribution in [1.29, 1.82) is 0 Å². The number of hydrogen-bond acceptors (Lipinski definition) is 5. The van der Waals surface area contributed by atoms with E-state index in [1.54, 1.807) is 27.7 Å². The van der Waals surface area contributed by atoms with Gasteiger partial charge in [0, 0.05) is 12.5 Å². The maximum atomic E-state index is 12.4. The molecule has 1 saturated heterocycles. The number of carbonyl (C=O) groups is 3. The lowest BCUT2D eigenvalue weighted by Gasteiger charge is -2.40. The van der Waals surface area contributed by atoms with Gasteiger partial charge in [0.1, 0.15) is 17.9 Å². The van der Waals surface area contributed by atoms with Crippen molar-refractivity contribution in [2.24, 2.45) is 0 Å². The zero-order valence-corrected chi connectivity index (χ0v) is 13.3. The summed E-state index contributed by atoms with van der Waals surface area (Å²) in [5.74, 6) is -0.432. The summed E-state index contributed by atoms with van der Waals surface area (Å²) in [6.45, 7) is 7.28. The average Bonchev–Trinajstić information content (AvgIpc) is 2.37. The van der Waals surface area contributed by atoms with Gasteiger partial charge in [-0.1, -0.05) is 0 Å². The number of amides is 1. The van der Waals surface area contributed by atoms with Gasteiger partial charge in [-0.05, 0) is 47.0 Å². The van der Waals surface area contributed by atoms with Crippen LogP contribution in [-0.2, 0) is 19.1 Å². The molecule has 0 aromatic carbocycles. The fraction of sp³-hybridized carbons (Fsp3) is 0.800. The third kappa shape index (κ3) is 5.02. The number of rotatable bonds is 4. The van der Waals surface area contributed by atoms with Gasteiger partial charge in [0.2, 0.25) is 0 Å². The zero-order chi connectivity index (χ0) is 16.0. The Labute approximate surface area is 125 Å². The fourth-order valence-corrected chi connectivity index (χ4v) is 2.48. The Morgan fingerprint density at radius 3 is 2.48 bits per heavy atom. The van der Waals surface area contributed by atoms with E-state index in [0.29, 0.717) is 12.8 Å². The molecule has 1 amide bonds. The number of likely N-dealkylation sites (tertiary alicyclic amines) is 1. The maximum absolute atomic E-state index is 12.4. The van der Waals surface area contributed by atoms with Crippen LogP contribution in [0.3, 0.4) is 0 Å². The Hall–Kier alpha value is -1.59. The van der Waals surface area contributed by atoms with Crippen molar-refractivity contribution in [1.82, 2.24) is 4.90 Å². The molecule has 0 aromatic rings. The Bertz CT molecular complexity index is 388. The number of esters is 1. The number of piperidine rings is 1. The molecular weight excluding hydrogens is 274 g/mol. The van der Waals surface area contributed by atoms with Crippen LogP contribution < -0.4 is 0 Å². The third-order valence-corrected chi connectivity index (χ3v) is 3.28. The first-order valence-corrected chi connectivity index (χ1v) is 7.41. The Morgan fingerprint density at radius 2 is 1.95 bits per heavy atom. The number of nitrogens with zero attached hydrogens (tertiary/aromatic N) is 1. The van der Waals surface area contributed by atoms with E-state index < -0.39 is 23.7 Å². The largest absolute Gasteiger partial charge is 0.464 e. The second-order valence-corrected chi connectivity index (χ2v) is 6.14. The fourth-order valence-electron chi connectivity index (χ4n) is 2.48. The van der Waals surface area contributed by atoms with Crippen LogP contribution in [0.1, 0.15) is 53.4 Å². The zero-order valence-electron chi connectivity index (χ0n) is 13.3. The van der Waals surface area contributed by atoms with Crippen LogP contribution in [0.2, 0.25) is 0 Å². The van der Waals surface area contributed by atoms with E-state index in [4.69, 9.17) is 9.47 Å². The van der Waals surface area contributed by atoms with Crippen LogP contribution in [0, 0.1) is 0 Å². The molecule has 1 aliphatic heterocycles. The standard InChI is InChI=1S/C15H25NO5/c1-5-20-13(18)12-8-6-7-11(9-10-17)16(12)14(19)21-15(2,3)4/h10-12H,5-9H2,1-4H3. The minimum Gasteiger partial charge on any atom is -0.464 e. The minimum atomic E-state index is -0.668. The van der Waals surface area contributed by atoms with Crippen molar-refractivity contribution in [3.63, 3.8) is 0 Å². The van der Waals surface area contributed by atoms with Gasteiger partial charge in [-0.15, -0.1) is 0 Å². The van der Waals surface area contributed by atoms with Gasteiger partial charge >= 0.3 is 12.1 Å². The van der Waals surface area contributed by atoms with Gasteiger partial charge in [0.25, 0.3) is 0 Å². The van der Waals surface area contributed by atoms with E-state index in [-0.39, 0.29) is 19.1 Å². The monoisotopic (exact) mass is 299 g/mol. The van der Waals surface area contributed by atoms with Crippen LogP contribution in [0.5, 0.6) is 0 Å². The normalized spacial score (nSPS) is 22.6. The molecule has 6 nitrogen and oxygen atoms in total. The van der Waals surface area contributed by atoms with Crippen molar-refractivity contribution in [3.8, 4) is 0 Å². The predicted molar refractivity (Wildman–Crippen MR) is 76.8 cm³/mol. The van der Waals surface area contributed by atoms with E-state index in [1.807, 2.05) is 0 Å². The number of hydrogen-bond donors (Lipinski definition) is 0. The van der Waals surface area contributed by atoms with Crippen molar-refractivity contribution in [2.75, 3.05) is 6.61 Å². The summed E-state index contributed by atoms with van der Waals surface area (Å²) in [7, 11) is 0. The maximum Gasteiger partial charge on any atom is 0.411 e. The summed E-state index contributed by atoms with van der Waals surface area (Å²) in [5.41, 5.74) is -0.653. The molecule has 21 heavy (non-hydrogen) atoms. The molecule has 0 aliphatic carbocycles. The highest BCUT2D eigenvalue weighted by molar-refractivity contribution is 5.82. The molecule has 1 aliphatic rings. The summed E-state index contributed by atoms with van der Waals surface area (Å²) in [6, 6.07) is -0.973. The number of aldehydes is 1. The molecule has 0 radical (unpaired) electrons.